The molecule has 0 saturated heterocycles. The van der Waals surface area contributed by atoms with E-state index in [1.165, 1.54) is 17.4 Å². The standard InChI is InChI=1S/C23H22FN3OS2/c24-17-9-8-14(12-19(28)21-26-18-6-1-2-7-20(18)30-21)11-16(17)23-10-4-3-5-15(23)13-29-22(25)27-23/h1-2,6-9,11,15H,3-5,10,12-13H2,(H2,25,27)/t15-,23-/m0/s1. The zero-order valence-corrected chi connectivity index (χ0v) is 18.1. The number of Topliss-reactive ketones (excluding diaryl/α,β-unsaturated/α-hetero) is 1. The van der Waals surface area contributed by atoms with Gasteiger partial charge in [-0.25, -0.2) is 9.37 Å². The molecule has 1 aromatic heterocycles. The van der Waals surface area contributed by atoms with Crippen LogP contribution in [-0.4, -0.2) is 21.7 Å². The molecule has 3 aromatic rings. The molecule has 7 heteroatoms. The number of nitrogens with zero attached hydrogens (tertiary/aromatic N) is 2. The Balaban J connectivity index is 1.49. The highest BCUT2D eigenvalue weighted by Gasteiger charge is 2.46. The average molecular weight is 440 g/mol. The van der Waals surface area contributed by atoms with Gasteiger partial charge in [-0.1, -0.05) is 42.8 Å². The van der Waals surface area contributed by atoms with Crippen molar-refractivity contribution in [2.75, 3.05) is 5.75 Å². The molecule has 1 saturated carbocycles. The molecule has 2 atom stereocenters. The van der Waals surface area contributed by atoms with Gasteiger partial charge in [0.1, 0.15) is 5.82 Å². The molecule has 2 aliphatic rings. The Kier molecular flexibility index (Phi) is 5.11. The van der Waals surface area contributed by atoms with Crippen LogP contribution in [0.15, 0.2) is 47.5 Å². The maximum Gasteiger partial charge on any atom is 0.195 e. The predicted molar refractivity (Wildman–Crippen MR) is 122 cm³/mol. The molecule has 1 aliphatic heterocycles. The van der Waals surface area contributed by atoms with E-state index in [2.05, 4.69) is 4.98 Å². The normalized spacial score (nSPS) is 23.8. The van der Waals surface area contributed by atoms with Gasteiger partial charge in [0.2, 0.25) is 0 Å². The van der Waals surface area contributed by atoms with Crippen LogP contribution in [0.1, 0.15) is 46.6 Å². The Hall–Kier alpha value is -2.25. The highest BCUT2D eigenvalue weighted by atomic mass is 32.2. The fourth-order valence-electron chi connectivity index (χ4n) is 4.69. The third-order valence-electron chi connectivity index (χ3n) is 6.17. The highest BCUT2D eigenvalue weighted by molar-refractivity contribution is 8.13. The number of hydrogen-bond acceptors (Lipinski definition) is 6. The fourth-order valence-corrected chi connectivity index (χ4v) is 6.64. The maximum absolute atomic E-state index is 15.0. The second kappa shape index (κ2) is 7.78. The van der Waals surface area contributed by atoms with Gasteiger partial charge >= 0.3 is 0 Å². The molecule has 0 radical (unpaired) electrons. The van der Waals surface area contributed by atoms with E-state index in [-0.39, 0.29) is 23.9 Å². The lowest BCUT2D eigenvalue weighted by Crippen LogP contribution is -2.43. The minimum Gasteiger partial charge on any atom is -0.379 e. The minimum absolute atomic E-state index is 0.0475. The van der Waals surface area contributed by atoms with Gasteiger partial charge in [0.05, 0.1) is 15.8 Å². The van der Waals surface area contributed by atoms with Gasteiger partial charge < -0.3 is 5.73 Å². The molecule has 0 amide bonds. The second-order valence-electron chi connectivity index (χ2n) is 8.03. The number of para-hydroxylation sites is 1. The van der Waals surface area contributed by atoms with Crippen LogP contribution in [0.2, 0.25) is 0 Å². The van der Waals surface area contributed by atoms with Gasteiger partial charge in [-0.05, 0) is 48.6 Å². The third kappa shape index (κ3) is 3.44. The lowest BCUT2D eigenvalue weighted by Gasteiger charge is -2.44. The van der Waals surface area contributed by atoms with Crippen molar-refractivity contribution in [2.45, 2.75) is 37.6 Å². The number of carbonyl (C=O) groups excluding carboxylic acids is 1. The summed E-state index contributed by atoms with van der Waals surface area (Å²) in [5, 5.41) is 1.02. The number of thioether (sulfide) groups is 1. The largest absolute Gasteiger partial charge is 0.379 e. The van der Waals surface area contributed by atoms with E-state index in [0.717, 1.165) is 47.2 Å². The van der Waals surface area contributed by atoms with Crippen molar-refractivity contribution in [2.24, 2.45) is 16.6 Å². The summed E-state index contributed by atoms with van der Waals surface area (Å²) < 4.78 is 16.0. The van der Waals surface area contributed by atoms with Gasteiger partial charge in [0, 0.05) is 17.7 Å². The van der Waals surface area contributed by atoms with E-state index >= 15 is 4.39 Å². The van der Waals surface area contributed by atoms with E-state index in [1.54, 1.807) is 17.8 Å². The number of aliphatic imine (C=N–C) groups is 1. The van der Waals surface area contributed by atoms with Gasteiger partial charge in [-0.2, -0.15) is 0 Å². The number of amidine groups is 1. The van der Waals surface area contributed by atoms with Crippen LogP contribution >= 0.6 is 23.1 Å². The molecular formula is C23H22FN3OS2. The molecular weight excluding hydrogens is 417 g/mol. The molecule has 0 bridgehead atoms. The highest BCUT2D eigenvalue weighted by Crippen LogP contribution is 2.49. The van der Waals surface area contributed by atoms with Crippen LogP contribution in [0.4, 0.5) is 4.39 Å². The number of ketones is 1. The molecule has 0 unspecified atom stereocenters. The topological polar surface area (TPSA) is 68.3 Å². The van der Waals surface area contributed by atoms with Crippen molar-refractivity contribution in [3.63, 3.8) is 0 Å². The van der Waals surface area contributed by atoms with Crippen LogP contribution in [0, 0.1) is 11.7 Å². The van der Waals surface area contributed by atoms with Gasteiger partial charge in [0.25, 0.3) is 0 Å². The summed E-state index contributed by atoms with van der Waals surface area (Å²) in [5.41, 5.74) is 7.68. The first kappa shape index (κ1) is 19.7. The number of halogens is 1. The minimum atomic E-state index is -0.605. The second-order valence-corrected chi connectivity index (χ2v) is 10.1. The molecule has 4 nitrogen and oxygen atoms in total. The SMILES string of the molecule is NC1=N[C@@]2(c3cc(CC(=O)c4nc5ccccc5s4)ccc3F)CCCC[C@H]2CS1. The monoisotopic (exact) mass is 439 g/mol. The van der Waals surface area contributed by atoms with Crippen molar-refractivity contribution in [1.29, 1.82) is 0 Å². The van der Waals surface area contributed by atoms with Crippen molar-refractivity contribution < 1.29 is 9.18 Å². The van der Waals surface area contributed by atoms with E-state index in [4.69, 9.17) is 10.7 Å². The molecule has 5 rings (SSSR count). The summed E-state index contributed by atoms with van der Waals surface area (Å²) in [6, 6.07) is 12.7. The van der Waals surface area contributed by atoms with Crippen LogP contribution < -0.4 is 5.73 Å². The predicted octanol–water partition coefficient (Wildman–Crippen LogP) is 5.31. The van der Waals surface area contributed by atoms with Crippen molar-refractivity contribution in [3.8, 4) is 0 Å². The van der Waals surface area contributed by atoms with Crippen LogP contribution in [0.3, 0.4) is 0 Å². The Labute approximate surface area is 182 Å². The fraction of sp³-hybridized carbons (Fsp3) is 0.348. The summed E-state index contributed by atoms with van der Waals surface area (Å²) in [6.07, 6.45) is 4.16. The average Bonchev–Trinajstić information content (AvgIpc) is 3.19. The van der Waals surface area contributed by atoms with E-state index in [1.807, 2.05) is 30.3 Å². The summed E-state index contributed by atoms with van der Waals surface area (Å²) in [4.78, 5) is 22.2. The number of carbonyl (C=O) groups is 1. The van der Waals surface area contributed by atoms with Crippen molar-refractivity contribution in [3.05, 3.63) is 64.4 Å². The van der Waals surface area contributed by atoms with Crippen molar-refractivity contribution >= 4 is 44.3 Å². The maximum atomic E-state index is 15.0. The van der Waals surface area contributed by atoms with E-state index in [9.17, 15) is 4.79 Å². The molecule has 30 heavy (non-hydrogen) atoms. The van der Waals surface area contributed by atoms with Gasteiger partial charge in [-0.3, -0.25) is 9.79 Å². The Morgan fingerprint density at radius 2 is 2.10 bits per heavy atom. The number of aromatic nitrogens is 1. The number of hydrogen-bond donors (Lipinski definition) is 1. The molecule has 2 heterocycles. The van der Waals surface area contributed by atoms with Crippen LogP contribution in [-0.2, 0) is 12.0 Å². The van der Waals surface area contributed by atoms with E-state index in [0.29, 0.717) is 15.7 Å². The molecule has 2 aromatic carbocycles. The molecule has 154 valence electrons. The number of rotatable bonds is 4. The number of benzene rings is 2. The van der Waals surface area contributed by atoms with Crippen LogP contribution in [0.25, 0.3) is 10.2 Å². The Morgan fingerprint density at radius 3 is 2.97 bits per heavy atom. The molecule has 2 N–H and O–H groups in total. The number of thiazole rings is 1. The molecule has 1 aliphatic carbocycles. The quantitative estimate of drug-likeness (QED) is 0.560. The van der Waals surface area contributed by atoms with E-state index < -0.39 is 5.54 Å². The summed E-state index contributed by atoms with van der Waals surface area (Å²) in [5.74, 6) is 0.826. The number of fused-ring (bicyclic) bond motifs is 2. The van der Waals surface area contributed by atoms with Crippen LogP contribution in [0.5, 0.6) is 0 Å². The third-order valence-corrected chi connectivity index (χ3v) is 8.21. The Bertz CT molecular complexity index is 1130. The summed E-state index contributed by atoms with van der Waals surface area (Å²) in [7, 11) is 0. The summed E-state index contributed by atoms with van der Waals surface area (Å²) >= 11 is 2.96. The lowest BCUT2D eigenvalue weighted by atomic mass is 9.69. The first-order valence-electron chi connectivity index (χ1n) is 10.2. The molecule has 1 fully saturated rings. The Morgan fingerprint density at radius 1 is 1.23 bits per heavy atom. The van der Waals surface area contributed by atoms with Gasteiger partial charge in [0.15, 0.2) is 16.0 Å². The van der Waals surface area contributed by atoms with Gasteiger partial charge in [-0.15, -0.1) is 11.3 Å². The first-order valence-corrected chi connectivity index (χ1v) is 12.0. The van der Waals surface area contributed by atoms with Crippen molar-refractivity contribution in [1.82, 2.24) is 4.98 Å². The number of nitrogens with two attached hydrogens (primary N) is 1. The zero-order chi connectivity index (χ0) is 20.7. The first-order chi connectivity index (χ1) is 14.5. The molecule has 0 spiro atoms. The summed E-state index contributed by atoms with van der Waals surface area (Å²) in [6.45, 7) is 0. The lowest BCUT2D eigenvalue weighted by molar-refractivity contribution is 0.0992. The smallest absolute Gasteiger partial charge is 0.195 e. The zero-order valence-electron chi connectivity index (χ0n) is 16.4.